The molecule has 0 atom stereocenters. The summed E-state index contributed by atoms with van der Waals surface area (Å²) >= 11 is 0. The normalized spacial score (nSPS) is 17.8. The fourth-order valence-electron chi connectivity index (χ4n) is 2.23. The number of carbonyl (C=O) groups is 1. The fraction of sp³-hybridized carbons (Fsp3) is 0.923. The van der Waals surface area contributed by atoms with Crippen molar-refractivity contribution in [2.75, 3.05) is 45.8 Å². The highest BCUT2D eigenvalue weighted by Crippen LogP contribution is 2.06. The first-order chi connectivity index (χ1) is 8.13. The van der Waals surface area contributed by atoms with E-state index in [1.807, 2.05) is 4.90 Å². The highest BCUT2D eigenvalue weighted by Gasteiger charge is 2.20. The van der Waals surface area contributed by atoms with Crippen LogP contribution in [0.15, 0.2) is 0 Å². The Kier molecular flexibility index (Phi) is 6.52. The zero-order chi connectivity index (χ0) is 12.7. The van der Waals surface area contributed by atoms with E-state index in [-0.39, 0.29) is 0 Å². The number of hydrogen-bond acceptors (Lipinski definition) is 3. The van der Waals surface area contributed by atoms with Gasteiger partial charge in [0.1, 0.15) is 0 Å². The molecule has 0 aromatic heterocycles. The molecule has 1 aliphatic heterocycles. The number of hydrogen-bond donors (Lipinski definition) is 1. The van der Waals surface area contributed by atoms with Crippen molar-refractivity contribution >= 4 is 5.91 Å². The molecule has 0 unspecified atom stereocenters. The number of carbonyl (C=O) groups excluding carboxylic acids is 1. The average molecular weight is 241 g/mol. The van der Waals surface area contributed by atoms with Crippen molar-refractivity contribution in [2.45, 2.75) is 27.2 Å². The minimum atomic E-state index is 0.301. The molecule has 1 saturated heterocycles. The Morgan fingerprint density at radius 3 is 2.41 bits per heavy atom. The summed E-state index contributed by atoms with van der Waals surface area (Å²) in [7, 11) is 0. The summed E-state index contributed by atoms with van der Waals surface area (Å²) in [4.78, 5) is 16.3. The van der Waals surface area contributed by atoms with Gasteiger partial charge >= 0.3 is 0 Å². The van der Waals surface area contributed by atoms with Crippen LogP contribution in [0.5, 0.6) is 0 Å². The van der Waals surface area contributed by atoms with Gasteiger partial charge in [-0.05, 0) is 12.5 Å². The Balaban J connectivity index is 2.19. The molecule has 4 nitrogen and oxygen atoms in total. The van der Waals surface area contributed by atoms with E-state index in [9.17, 15) is 4.79 Å². The van der Waals surface area contributed by atoms with Gasteiger partial charge in [0, 0.05) is 45.7 Å². The van der Waals surface area contributed by atoms with E-state index in [0.29, 0.717) is 18.2 Å². The van der Waals surface area contributed by atoms with Gasteiger partial charge in [-0.2, -0.15) is 0 Å². The topological polar surface area (TPSA) is 35.6 Å². The second-order valence-corrected chi connectivity index (χ2v) is 5.18. The van der Waals surface area contributed by atoms with Crippen molar-refractivity contribution < 1.29 is 4.79 Å². The first kappa shape index (κ1) is 14.5. The summed E-state index contributed by atoms with van der Waals surface area (Å²) in [5.41, 5.74) is 0. The molecule has 0 bridgehead atoms. The van der Waals surface area contributed by atoms with Crippen LogP contribution in [0.25, 0.3) is 0 Å². The third-order valence-electron chi connectivity index (χ3n) is 3.11. The van der Waals surface area contributed by atoms with Crippen molar-refractivity contribution in [2.24, 2.45) is 5.92 Å². The first-order valence-electron chi connectivity index (χ1n) is 6.84. The molecule has 0 spiro atoms. The molecule has 1 fully saturated rings. The van der Waals surface area contributed by atoms with Crippen molar-refractivity contribution in [3.8, 4) is 0 Å². The van der Waals surface area contributed by atoms with Crippen LogP contribution in [0.1, 0.15) is 27.2 Å². The van der Waals surface area contributed by atoms with Crippen LogP contribution >= 0.6 is 0 Å². The number of piperazine rings is 1. The molecule has 17 heavy (non-hydrogen) atoms. The standard InChI is InChI=1S/C13H27N3O/c1-4-14-6-5-13(17)16-9-7-15(8-10-16)11-12(2)3/h12,14H,4-11H2,1-3H3. The predicted molar refractivity (Wildman–Crippen MR) is 71.0 cm³/mol. The summed E-state index contributed by atoms with van der Waals surface area (Å²) in [6.45, 7) is 13.3. The number of nitrogens with zero attached hydrogens (tertiary/aromatic N) is 2. The van der Waals surface area contributed by atoms with Gasteiger partial charge in [-0.15, -0.1) is 0 Å². The Labute approximate surface area is 105 Å². The highest BCUT2D eigenvalue weighted by atomic mass is 16.2. The molecule has 1 rings (SSSR count). The molecule has 0 aliphatic carbocycles. The largest absolute Gasteiger partial charge is 0.340 e. The molecule has 100 valence electrons. The molecule has 0 radical (unpaired) electrons. The maximum atomic E-state index is 11.9. The van der Waals surface area contributed by atoms with Crippen molar-refractivity contribution in [1.82, 2.24) is 15.1 Å². The van der Waals surface area contributed by atoms with Gasteiger partial charge in [0.2, 0.25) is 5.91 Å². The Bertz CT molecular complexity index is 223. The summed E-state index contributed by atoms with van der Waals surface area (Å²) in [6.07, 6.45) is 0.637. The smallest absolute Gasteiger partial charge is 0.223 e. The SMILES string of the molecule is CCNCCC(=O)N1CCN(CC(C)C)CC1. The van der Waals surface area contributed by atoms with Gasteiger partial charge in [-0.3, -0.25) is 9.69 Å². The van der Waals surface area contributed by atoms with Gasteiger partial charge in [0.15, 0.2) is 0 Å². The fourth-order valence-corrected chi connectivity index (χ4v) is 2.23. The molecule has 1 amide bonds. The van der Waals surface area contributed by atoms with Crippen LogP contribution in [0.2, 0.25) is 0 Å². The summed E-state index contributed by atoms with van der Waals surface area (Å²) in [6, 6.07) is 0. The van der Waals surface area contributed by atoms with E-state index in [1.165, 1.54) is 0 Å². The van der Waals surface area contributed by atoms with Crippen LogP contribution in [-0.2, 0) is 4.79 Å². The lowest BCUT2D eigenvalue weighted by Gasteiger charge is -2.35. The lowest BCUT2D eigenvalue weighted by molar-refractivity contribution is -0.132. The Hall–Kier alpha value is -0.610. The predicted octanol–water partition coefficient (Wildman–Crippen LogP) is 0.786. The van der Waals surface area contributed by atoms with Gasteiger partial charge in [0.25, 0.3) is 0 Å². The molecule has 4 heteroatoms. The van der Waals surface area contributed by atoms with Gasteiger partial charge in [-0.1, -0.05) is 20.8 Å². The van der Waals surface area contributed by atoms with Gasteiger partial charge in [-0.25, -0.2) is 0 Å². The lowest BCUT2D eigenvalue weighted by Crippen LogP contribution is -2.49. The quantitative estimate of drug-likeness (QED) is 0.698. The molecular formula is C13H27N3O. The first-order valence-corrected chi connectivity index (χ1v) is 6.84. The molecular weight excluding hydrogens is 214 g/mol. The van der Waals surface area contributed by atoms with Gasteiger partial charge in [0.05, 0.1) is 0 Å². The zero-order valence-corrected chi connectivity index (χ0v) is 11.5. The Morgan fingerprint density at radius 2 is 1.88 bits per heavy atom. The van der Waals surface area contributed by atoms with Gasteiger partial charge < -0.3 is 10.2 Å². The van der Waals surface area contributed by atoms with Crippen LogP contribution in [0.4, 0.5) is 0 Å². The second kappa shape index (κ2) is 7.67. The molecule has 0 aromatic rings. The minimum Gasteiger partial charge on any atom is -0.340 e. The molecule has 0 saturated carbocycles. The van der Waals surface area contributed by atoms with Crippen LogP contribution in [-0.4, -0.2) is 61.5 Å². The molecule has 0 aromatic carbocycles. The van der Waals surface area contributed by atoms with E-state index in [2.05, 4.69) is 31.0 Å². The third kappa shape index (κ3) is 5.50. The van der Waals surface area contributed by atoms with Crippen molar-refractivity contribution in [3.05, 3.63) is 0 Å². The van der Waals surface area contributed by atoms with E-state index < -0.39 is 0 Å². The maximum absolute atomic E-state index is 11.9. The number of amides is 1. The summed E-state index contributed by atoms with van der Waals surface area (Å²) < 4.78 is 0. The summed E-state index contributed by atoms with van der Waals surface area (Å²) in [5, 5.41) is 3.20. The van der Waals surface area contributed by atoms with Crippen LogP contribution in [0.3, 0.4) is 0 Å². The second-order valence-electron chi connectivity index (χ2n) is 5.18. The minimum absolute atomic E-state index is 0.301. The third-order valence-corrected chi connectivity index (χ3v) is 3.11. The number of nitrogens with one attached hydrogen (secondary N) is 1. The lowest BCUT2D eigenvalue weighted by atomic mass is 10.2. The highest BCUT2D eigenvalue weighted by molar-refractivity contribution is 5.76. The zero-order valence-electron chi connectivity index (χ0n) is 11.5. The van der Waals surface area contributed by atoms with E-state index in [0.717, 1.165) is 45.8 Å². The van der Waals surface area contributed by atoms with Crippen LogP contribution < -0.4 is 5.32 Å². The average Bonchev–Trinajstić information content (AvgIpc) is 2.29. The van der Waals surface area contributed by atoms with E-state index >= 15 is 0 Å². The Morgan fingerprint density at radius 1 is 1.24 bits per heavy atom. The van der Waals surface area contributed by atoms with E-state index in [1.54, 1.807) is 0 Å². The van der Waals surface area contributed by atoms with Crippen molar-refractivity contribution in [1.29, 1.82) is 0 Å². The summed E-state index contributed by atoms with van der Waals surface area (Å²) in [5.74, 6) is 1.01. The molecule has 1 aliphatic rings. The van der Waals surface area contributed by atoms with Crippen molar-refractivity contribution in [3.63, 3.8) is 0 Å². The van der Waals surface area contributed by atoms with Crippen LogP contribution in [0, 0.1) is 5.92 Å². The van der Waals surface area contributed by atoms with E-state index in [4.69, 9.17) is 0 Å². The molecule has 1 N–H and O–H groups in total. The monoisotopic (exact) mass is 241 g/mol. The number of rotatable bonds is 6. The molecule has 1 heterocycles. The maximum Gasteiger partial charge on any atom is 0.223 e.